The third-order valence-electron chi connectivity index (χ3n) is 3.66. The summed E-state index contributed by atoms with van der Waals surface area (Å²) in [5.74, 6) is -0.184. The summed E-state index contributed by atoms with van der Waals surface area (Å²) in [4.78, 5) is 13.2. The number of hydrogen-bond donors (Lipinski definition) is 1. The summed E-state index contributed by atoms with van der Waals surface area (Å²) in [6.45, 7) is 5.13. The third-order valence-corrected chi connectivity index (χ3v) is 3.66. The first-order chi connectivity index (χ1) is 8.11. The van der Waals surface area contributed by atoms with Crippen molar-refractivity contribution < 1.29 is 14.3 Å². The minimum atomic E-state index is -0.929. The summed E-state index contributed by atoms with van der Waals surface area (Å²) in [5, 5.41) is 8.84. The number of rotatable bonds is 4. The first-order valence-corrected chi connectivity index (χ1v) is 6.18. The molecule has 0 aliphatic carbocycles. The van der Waals surface area contributed by atoms with Crippen LogP contribution < -0.4 is 0 Å². The van der Waals surface area contributed by atoms with E-state index in [2.05, 4.69) is 18.7 Å². The van der Waals surface area contributed by atoms with E-state index < -0.39 is 5.97 Å². The highest BCUT2D eigenvalue weighted by Crippen LogP contribution is 2.28. The summed E-state index contributed by atoms with van der Waals surface area (Å²) in [6, 6.07) is 2.78. The predicted octanol–water partition coefficient (Wildman–Crippen LogP) is 2.74. The van der Waals surface area contributed by atoms with Gasteiger partial charge in [0.25, 0.3) is 0 Å². The van der Waals surface area contributed by atoms with Crippen molar-refractivity contribution in [1.82, 2.24) is 4.90 Å². The van der Waals surface area contributed by atoms with Gasteiger partial charge in [-0.25, -0.2) is 4.79 Å². The van der Waals surface area contributed by atoms with E-state index in [-0.39, 0.29) is 5.56 Å². The Morgan fingerprint density at radius 2 is 2.35 bits per heavy atom. The van der Waals surface area contributed by atoms with Crippen molar-refractivity contribution >= 4 is 5.97 Å². The number of carbonyl (C=O) groups is 1. The molecule has 1 N–H and O–H groups in total. The van der Waals surface area contributed by atoms with Crippen LogP contribution in [-0.4, -0.2) is 28.1 Å². The highest BCUT2D eigenvalue weighted by atomic mass is 16.4. The molecule has 1 saturated heterocycles. The van der Waals surface area contributed by atoms with Crippen LogP contribution in [0.3, 0.4) is 0 Å². The van der Waals surface area contributed by atoms with Crippen molar-refractivity contribution in [2.75, 3.05) is 0 Å². The number of carboxylic acids is 1. The fraction of sp³-hybridized carbons (Fsp3) is 0.615. The van der Waals surface area contributed by atoms with Crippen LogP contribution in [0.25, 0.3) is 0 Å². The fourth-order valence-electron chi connectivity index (χ4n) is 2.60. The van der Waals surface area contributed by atoms with E-state index in [0.717, 1.165) is 12.2 Å². The Morgan fingerprint density at radius 1 is 1.59 bits per heavy atom. The molecule has 0 aromatic carbocycles. The molecular weight excluding hydrogens is 218 g/mol. The molecule has 1 aromatic heterocycles. The van der Waals surface area contributed by atoms with Crippen LogP contribution in [0.1, 0.15) is 49.2 Å². The average Bonchev–Trinajstić information content (AvgIpc) is 2.88. The van der Waals surface area contributed by atoms with Crippen molar-refractivity contribution in [2.24, 2.45) is 0 Å². The second-order valence-corrected chi connectivity index (χ2v) is 4.77. The van der Waals surface area contributed by atoms with Crippen LogP contribution in [0.4, 0.5) is 0 Å². The molecule has 4 nitrogen and oxygen atoms in total. The topological polar surface area (TPSA) is 53.7 Å². The van der Waals surface area contributed by atoms with E-state index in [1.807, 2.05) is 0 Å². The summed E-state index contributed by atoms with van der Waals surface area (Å²) in [7, 11) is 0. The molecule has 2 rings (SSSR count). The summed E-state index contributed by atoms with van der Waals surface area (Å²) in [5.41, 5.74) is 0.236. The molecule has 0 amide bonds. The molecule has 94 valence electrons. The Kier molecular flexibility index (Phi) is 3.52. The number of nitrogens with zero attached hydrogens (tertiary/aromatic N) is 1. The van der Waals surface area contributed by atoms with Crippen molar-refractivity contribution in [3.05, 3.63) is 23.7 Å². The van der Waals surface area contributed by atoms with E-state index in [9.17, 15) is 4.79 Å². The lowest BCUT2D eigenvalue weighted by atomic mass is 10.1. The van der Waals surface area contributed by atoms with Gasteiger partial charge >= 0.3 is 5.97 Å². The van der Waals surface area contributed by atoms with Gasteiger partial charge in [0.1, 0.15) is 12.0 Å². The average molecular weight is 237 g/mol. The molecule has 17 heavy (non-hydrogen) atoms. The van der Waals surface area contributed by atoms with Crippen LogP contribution in [-0.2, 0) is 6.54 Å². The predicted molar refractivity (Wildman–Crippen MR) is 64.0 cm³/mol. The monoisotopic (exact) mass is 237 g/mol. The molecule has 0 bridgehead atoms. The Hall–Kier alpha value is -1.29. The summed E-state index contributed by atoms with van der Waals surface area (Å²) < 4.78 is 5.31. The zero-order valence-corrected chi connectivity index (χ0v) is 10.3. The lowest BCUT2D eigenvalue weighted by Crippen LogP contribution is -2.33. The van der Waals surface area contributed by atoms with E-state index in [4.69, 9.17) is 9.52 Å². The third kappa shape index (κ3) is 2.52. The quantitative estimate of drug-likeness (QED) is 0.874. The molecule has 1 aliphatic rings. The number of aromatic carboxylic acids is 1. The maximum atomic E-state index is 10.8. The second kappa shape index (κ2) is 4.92. The molecule has 1 fully saturated rings. The summed E-state index contributed by atoms with van der Waals surface area (Å²) >= 11 is 0. The molecular formula is C13H19NO3. The highest BCUT2D eigenvalue weighted by molar-refractivity contribution is 5.87. The zero-order valence-electron chi connectivity index (χ0n) is 10.3. The standard InChI is InChI=1S/C13H19NO3/c1-3-11-5-4-9(2)14(11)7-12-6-10(8-17-12)13(15)16/h6,8-9,11H,3-5,7H2,1-2H3,(H,15,16). The fourth-order valence-corrected chi connectivity index (χ4v) is 2.60. The normalized spacial score (nSPS) is 25.3. The largest absolute Gasteiger partial charge is 0.478 e. The maximum Gasteiger partial charge on any atom is 0.338 e. The molecule has 0 saturated carbocycles. The Balaban J connectivity index is 2.06. The Bertz CT molecular complexity index is 399. The molecule has 4 heteroatoms. The second-order valence-electron chi connectivity index (χ2n) is 4.77. The smallest absolute Gasteiger partial charge is 0.338 e. The van der Waals surface area contributed by atoms with Gasteiger partial charge in [0.2, 0.25) is 0 Å². The molecule has 2 heterocycles. The van der Waals surface area contributed by atoms with Gasteiger partial charge in [-0.05, 0) is 32.3 Å². The first-order valence-electron chi connectivity index (χ1n) is 6.18. The highest BCUT2D eigenvalue weighted by Gasteiger charge is 2.29. The van der Waals surface area contributed by atoms with Crippen LogP contribution in [0, 0.1) is 0 Å². The zero-order chi connectivity index (χ0) is 12.4. The van der Waals surface area contributed by atoms with Gasteiger partial charge in [0, 0.05) is 12.1 Å². The first kappa shape index (κ1) is 12.2. The number of furan rings is 1. The molecule has 1 aromatic rings. The van der Waals surface area contributed by atoms with Crippen LogP contribution in [0.5, 0.6) is 0 Å². The number of hydrogen-bond acceptors (Lipinski definition) is 3. The van der Waals surface area contributed by atoms with Crippen LogP contribution >= 0.6 is 0 Å². The van der Waals surface area contributed by atoms with Crippen LogP contribution in [0.2, 0.25) is 0 Å². The lowest BCUT2D eigenvalue weighted by Gasteiger charge is -2.26. The van der Waals surface area contributed by atoms with Gasteiger partial charge in [-0.15, -0.1) is 0 Å². The van der Waals surface area contributed by atoms with Gasteiger partial charge in [0.15, 0.2) is 0 Å². The van der Waals surface area contributed by atoms with Crippen molar-refractivity contribution in [2.45, 2.75) is 51.7 Å². The van der Waals surface area contributed by atoms with E-state index >= 15 is 0 Å². The van der Waals surface area contributed by atoms with Gasteiger partial charge in [-0.2, -0.15) is 0 Å². The van der Waals surface area contributed by atoms with Crippen molar-refractivity contribution in [3.63, 3.8) is 0 Å². The van der Waals surface area contributed by atoms with E-state index in [1.165, 1.54) is 19.1 Å². The number of carboxylic acid groups (broad SMARTS) is 1. The Morgan fingerprint density at radius 3 is 2.94 bits per heavy atom. The van der Waals surface area contributed by atoms with Gasteiger partial charge < -0.3 is 9.52 Å². The molecule has 0 spiro atoms. The molecule has 1 aliphatic heterocycles. The summed E-state index contributed by atoms with van der Waals surface area (Å²) in [6.07, 6.45) is 4.89. The van der Waals surface area contributed by atoms with Crippen molar-refractivity contribution in [3.8, 4) is 0 Å². The van der Waals surface area contributed by atoms with E-state index in [1.54, 1.807) is 6.07 Å². The van der Waals surface area contributed by atoms with Gasteiger partial charge in [0.05, 0.1) is 12.1 Å². The minimum absolute atomic E-state index is 0.236. The minimum Gasteiger partial charge on any atom is -0.478 e. The SMILES string of the molecule is CCC1CCC(C)N1Cc1cc(C(=O)O)co1. The maximum absolute atomic E-state index is 10.8. The van der Waals surface area contributed by atoms with Crippen LogP contribution in [0.15, 0.2) is 16.7 Å². The molecule has 2 unspecified atom stereocenters. The molecule has 2 atom stereocenters. The van der Waals surface area contributed by atoms with Gasteiger partial charge in [-0.3, -0.25) is 4.90 Å². The van der Waals surface area contributed by atoms with Crippen molar-refractivity contribution in [1.29, 1.82) is 0 Å². The lowest BCUT2D eigenvalue weighted by molar-refractivity contribution is 0.0696. The van der Waals surface area contributed by atoms with E-state index in [0.29, 0.717) is 18.6 Å². The number of likely N-dealkylation sites (tertiary alicyclic amines) is 1. The Labute approximate surface area is 101 Å². The molecule has 0 radical (unpaired) electrons. The van der Waals surface area contributed by atoms with Gasteiger partial charge in [-0.1, -0.05) is 6.92 Å².